The van der Waals surface area contributed by atoms with E-state index in [1.165, 1.54) is 0 Å². The van der Waals surface area contributed by atoms with Gasteiger partial charge in [-0.3, -0.25) is 9.69 Å². The van der Waals surface area contributed by atoms with Crippen molar-refractivity contribution in [2.75, 3.05) is 39.3 Å². The zero-order valence-electron chi connectivity index (χ0n) is 8.15. The molecule has 0 aromatic carbocycles. The van der Waals surface area contributed by atoms with Crippen molar-refractivity contribution in [1.29, 1.82) is 0 Å². The van der Waals surface area contributed by atoms with E-state index >= 15 is 0 Å². The van der Waals surface area contributed by atoms with Crippen molar-refractivity contribution in [3.63, 3.8) is 0 Å². The summed E-state index contributed by atoms with van der Waals surface area (Å²) < 4.78 is 0.961. The lowest BCUT2D eigenvalue weighted by atomic mass is 10.1. The molecule has 0 aromatic heterocycles. The van der Waals surface area contributed by atoms with Crippen molar-refractivity contribution < 1.29 is 14.4 Å². The van der Waals surface area contributed by atoms with Crippen LogP contribution in [-0.4, -0.2) is 64.7 Å². The van der Waals surface area contributed by atoms with Gasteiger partial charge >= 0.3 is 5.97 Å². The molecule has 3 heterocycles. The number of hydrogen-bond donors (Lipinski definition) is 1. The summed E-state index contributed by atoms with van der Waals surface area (Å²) in [6.45, 7) is 6.30. The van der Waals surface area contributed by atoms with Crippen molar-refractivity contribution >= 4 is 21.9 Å². The Balaban J connectivity index is 2.00. The first-order valence-electron chi connectivity index (χ1n) is 5.06. The Hall–Kier alpha value is -0.130. The van der Waals surface area contributed by atoms with Crippen LogP contribution in [0.25, 0.3) is 0 Å². The SMILES string of the molecule is O=C(O)CC[N+]12CCN(CC1)CC2Br. The molecule has 0 radical (unpaired) electrons. The Labute approximate surface area is 92.2 Å². The van der Waals surface area contributed by atoms with E-state index in [4.69, 9.17) is 5.11 Å². The maximum atomic E-state index is 10.6. The molecule has 5 heteroatoms. The van der Waals surface area contributed by atoms with Gasteiger partial charge in [-0.15, -0.1) is 0 Å². The van der Waals surface area contributed by atoms with Crippen LogP contribution in [0.5, 0.6) is 0 Å². The van der Waals surface area contributed by atoms with E-state index in [0.29, 0.717) is 11.4 Å². The van der Waals surface area contributed by atoms with Gasteiger partial charge in [-0.1, -0.05) is 0 Å². The van der Waals surface area contributed by atoms with Gasteiger partial charge in [-0.2, -0.15) is 0 Å². The van der Waals surface area contributed by atoms with Crippen LogP contribution < -0.4 is 0 Å². The second kappa shape index (κ2) is 3.79. The molecular weight excluding hydrogens is 248 g/mol. The summed E-state index contributed by atoms with van der Waals surface area (Å²) in [4.78, 5) is 13.5. The molecule has 80 valence electrons. The third-order valence-electron chi connectivity index (χ3n) is 3.50. The molecule has 0 spiro atoms. The third-order valence-corrected chi connectivity index (χ3v) is 4.66. The van der Waals surface area contributed by atoms with Crippen LogP contribution in [0.2, 0.25) is 0 Å². The minimum absolute atomic E-state index is 0.294. The second-order valence-electron chi connectivity index (χ2n) is 4.27. The van der Waals surface area contributed by atoms with Crippen molar-refractivity contribution in [1.82, 2.24) is 4.90 Å². The standard InChI is InChI=1S/C9H15BrN2O2/c10-8-7-11-2-5-12(8,6-3-11)4-1-9(13)14/h8H,1-7H2/p+1. The smallest absolute Gasteiger partial charge is 0.309 e. The molecule has 4 nitrogen and oxygen atoms in total. The van der Waals surface area contributed by atoms with Crippen LogP contribution in [0.1, 0.15) is 6.42 Å². The number of piperazine rings is 3. The fourth-order valence-electron chi connectivity index (χ4n) is 2.44. The highest BCUT2D eigenvalue weighted by Gasteiger charge is 2.44. The number of quaternary nitrogens is 1. The zero-order chi connectivity index (χ0) is 10.2. The Morgan fingerprint density at radius 2 is 2.14 bits per heavy atom. The van der Waals surface area contributed by atoms with Crippen LogP contribution in [0.4, 0.5) is 0 Å². The summed E-state index contributed by atoms with van der Waals surface area (Å²) in [6.07, 6.45) is 0.294. The van der Waals surface area contributed by atoms with Crippen LogP contribution in [0.3, 0.4) is 0 Å². The molecule has 0 saturated carbocycles. The van der Waals surface area contributed by atoms with Gasteiger partial charge in [0, 0.05) is 13.1 Å². The molecule has 2 bridgehead atoms. The maximum absolute atomic E-state index is 10.6. The number of rotatable bonds is 3. The molecule has 1 N–H and O–H groups in total. The van der Waals surface area contributed by atoms with E-state index < -0.39 is 5.97 Å². The lowest BCUT2D eigenvalue weighted by molar-refractivity contribution is -0.948. The first-order chi connectivity index (χ1) is 6.62. The fraction of sp³-hybridized carbons (Fsp3) is 0.889. The van der Waals surface area contributed by atoms with Gasteiger partial charge in [-0.25, -0.2) is 0 Å². The number of fused-ring (bicyclic) bond motifs is 3. The topological polar surface area (TPSA) is 40.5 Å². The number of alkyl halides is 1. The first-order valence-corrected chi connectivity index (χ1v) is 5.98. The number of carboxylic acids is 1. The van der Waals surface area contributed by atoms with Gasteiger partial charge in [0.2, 0.25) is 0 Å². The summed E-state index contributed by atoms with van der Waals surface area (Å²) >= 11 is 3.69. The molecule has 3 fully saturated rings. The highest BCUT2D eigenvalue weighted by Crippen LogP contribution is 2.29. The summed E-state index contributed by atoms with van der Waals surface area (Å²) in [5.41, 5.74) is 0. The molecule has 1 atom stereocenters. The normalized spacial score (nSPS) is 41.2. The third kappa shape index (κ3) is 1.81. The number of hydrogen-bond acceptors (Lipinski definition) is 2. The second-order valence-corrected chi connectivity index (χ2v) is 5.33. The lowest BCUT2D eigenvalue weighted by Crippen LogP contribution is -2.70. The number of carbonyl (C=O) groups is 1. The summed E-state index contributed by atoms with van der Waals surface area (Å²) in [6, 6.07) is 0. The highest BCUT2D eigenvalue weighted by atomic mass is 79.9. The van der Waals surface area contributed by atoms with E-state index in [2.05, 4.69) is 20.8 Å². The average Bonchev–Trinajstić information content (AvgIpc) is 2.17. The Morgan fingerprint density at radius 1 is 1.50 bits per heavy atom. The van der Waals surface area contributed by atoms with Crippen molar-refractivity contribution in [2.45, 2.75) is 11.4 Å². The van der Waals surface area contributed by atoms with E-state index in [9.17, 15) is 4.79 Å². The van der Waals surface area contributed by atoms with Crippen molar-refractivity contribution in [3.8, 4) is 0 Å². The minimum Gasteiger partial charge on any atom is -0.481 e. The Morgan fingerprint density at radius 3 is 2.64 bits per heavy atom. The minimum atomic E-state index is -0.676. The molecule has 3 saturated heterocycles. The molecular formula is C9H16BrN2O2+. The highest BCUT2D eigenvalue weighted by molar-refractivity contribution is 9.09. The van der Waals surface area contributed by atoms with Gasteiger partial charge in [0.15, 0.2) is 4.95 Å². The average molecular weight is 264 g/mol. The molecule has 0 amide bonds. The van der Waals surface area contributed by atoms with Gasteiger partial charge in [-0.05, 0) is 15.9 Å². The van der Waals surface area contributed by atoms with Gasteiger partial charge in [0.1, 0.15) is 0 Å². The van der Waals surface area contributed by atoms with Crippen LogP contribution in [0, 0.1) is 0 Å². The van der Waals surface area contributed by atoms with E-state index in [1.54, 1.807) is 0 Å². The first kappa shape index (κ1) is 10.4. The monoisotopic (exact) mass is 263 g/mol. The Bertz CT molecular complexity index is 239. The predicted octanol–water partition coefficient (Wildman–Crippen LogP) is 0.328. The van der Waals surface area contributed by atoms with E-state index in [1.807, 2.05) is 0 Å². The molecule has 3 aliphatic rings. The van der Waals surface area contributed by atoms with Crippen LogP contribution in [0.15, 0.2) is 0 Å². The maximum Gasteiger partial charge on any atom is 0.309 e. The van der Waals surface area contributed by atoms with Crippen LogP contribution in [-0.2, 0) is 4.79 Å². The molecule has 3 rings (SSSR count). The van der Waals surface area contributed by atoms with E-state index in [-0.39, 0.29) is 0 Å². The number of carboxylic acid groups (broad SMARTS) is 1. The van der Waals surface area contributed by atoms with Crippen molar-refractivity contribution in [3.05, 3.63) is 0 Å². The lowest BCUT2D eigenvalue weighted by Gasteiger charge is -2.53. The molecule has 3 aliphatic heterocycles. The summed E-state index contributed by atoms with van der Waals surface area (Å²) in [5.74, 6) is -0.676. The number of aliphatic carboxylic acids is 1. The van der Waals surface area contributed by atoms with E-state index in [0.717, 1.165) is 43.8 Å². The predicted molar refractivity (Wildman–Crippen MR) is 56.3 cm³/mol. The molecule has 1 unspecified atom stereocenters. The molecule has 0 aliphatic carbocycles. The number of nitrogens with zero attached hydrogens (tertiary/aromatic N) is 2. The quantitative estimate of drug-likeness (QED) is 0.453. The molecule has 14 heavy (non-hydrogen) atoms. The number of halogens is 1. The summed E-state index contributed by atoms with van der Waals surface area (Å²) in [5, 5.41) is 8.72. The van der Waals surface area contributed by atoms with Gasteiger partial charge in [0.05, 0.1) is 32.6 Å². The van der Waals surface area contributed by atoms with Crippen molar-refractivity contribution in [2.24, 2.45) is 0 Å². The van der Waals surface area contributed by atoms with Gasteiger partial charge in [0.25, 0.3) is 0 Å². The van der Waals surface area contributed by atoms with Crippen LogP contribution >= 0.6 is 15.9 Å². The fourth-order valence-corrected chi connectivity index (χ4v) is 3.46. The zero-order valence-corrected chi connectivity index (χ0v) is 9.74. The summed E-state index contributed by atoms with van der Waals surface area (Å²) in [7, 11) is 0. The van der Waals surface area contributed by atoms with Gasteiger partial charge < -0.3 is 9.59 Å². The Kier molecular flexibility index (Phi) is 2.81. The largest absolute Gasteiger partial charge is 0.481 e. The molecule has 0 aromatic rings.